The van der Waals surface area contributed by atoms with Crippen LogP contribution in [0.5, 0.6) is 0 Å². The van der Waals surface area contributed by atoms with Crippen LogP contribution in [0.4, 0.5) is 4.39 Å². The van der Waals surface area contributed by atoms with Gasteiger partial charge in [0.1, 0.15) is 5.82 Å². The molecule has 0 saturated carbocycles. The Bertz CT molecular complexity index is 582. The van der Waals surface area contributed by atoms with E-state index in [0.29, 0.717) is 5.56 Å². The first kappa shape index (κ1) is 15.2. The van der Waals surface area contributed by atoms with Crippen molar-refractivity contribution in [1.29, 1.82) is 0 Å². The molecule has 0 aliphatic carbocycles. The van der Waals surface area contributed by atoms with E-state index in [2.05, 4.69) is 15.9 Å². The summed E-state index contributed by atoms with van der Waals surface area (Å²) < 4.78 is 14.6. The first-order valence-electron chi connectivity index (χ1n) is 6.33. The highest BCUT2D eigenvalue weighted by Gasteiger charge is 2.33. The van der Waals surface area contributed by atoms with E-state index in [0.717, 1.165) is 10.0 Å². The second kappa shape index (κ2) is 6.48. The zero-order valence-corrected chi connectivity index (χ0v) is 12.5. The third-order valence-electron chi connectivity index (χ3n) is 3.54. The fourth-order valence-corrected chi connectivity index (χ4v) is 3.03. The first-order chi connectivity index (χ1) is 9.63. The number of rotatable bonds is 5. The maximum atomic E-state index is 13.8. The van der Waals surface area contributed by atoms with Crippen LogP contribution in [-0.4, -0.2) is 23.4 Å². The topological polar surface area (TPSA) is 40.5 Å². The minimum Gasteiger partial charge on any atom is -0.395 e. The Balaban J connectivity index is 2.46. The van der Waals surface area contributed by atoms with Gasteiger partial charge in [-0.25, -0.2) is 4.39 Å². The Labute approximate surface area is 126 Å². The minimum absolute atomic E-state index is 0.231. The minimum atomic E-state index is -0.914. The molecule has 4 heteroatoms. The number of hydrogen-bond acceptors (Lipinski definition) is 2. The molecule has 0 aromatic heterocycles. The van der Waals surface area contributed by atoms with E-state index in [-0.39, 0.29) is 25.5 Å². The zero-order chi connectivity index (χ0) is 14.6. The summed E-state index contributed by atoms with van der Waals surface area (Å²) in [6, 6.07) is 13.8. The van der Waals surface area contributed by atoms with Crippen LogP contribution in [-0.2, 0) is 11.8 Å². The van der Waals surface area contributed by atoms with Crippen LogP contribution in [0.25, 0.3) is 0 Å². The fourth-order valence-electron chi connectivity index (χ4n) is 2.32. The van der Waals surface area contributed by atoms with Gasteiger partial charge in [0.15, 0.2) is 0 Å². The number of benzene rings is 2. The summed E-state index contributed by atoms with van der Waals surface area (Å²) in [7, 11) is 0. The standard InChI is InChI=1S/C16H16BrFO2/c17-14-7-3-2-6-13(14)16(10-19,11-20)9-12-5-1-4-8-15(12)18/h1-8,19-20H,9-11H2. The van der Waals surface area contributed by atoms with Crippen molar-refractivity contribution in [3.63, 3.8) is 0 Å². The highest BCUT2D eigenvalue weighted by atomic mass is 79.9. The quantitative estimate of drug-likeness (QED) is 0.879. The number of aliphatic hydroxyl groups is 2. The van der Waals surface area contributed by atoms with Gasteiger partial charge in [0, 0.05) is 9.89 Å². The van der Waals surface area contributed by atoms with Gasteiger partial charge in [0.2, 0.25) is 0 Å². The molecule has 0 spiro atoms. The molecule has 0 atom stereocenters. The largest absolute Gasteiger partial charge is 0.395 e. The maximum absolute atomic E-state index is 13.8. The Hall–Kier alpha value is -1.23. The SMILES string of the molecule is OCC(CO)(Cc1ccccc1F)c1ccccc1Br. The molecule has 2 aromatic rings. The summed E-state index contributed by atoms with van der Waals surface area (Å²) in [6.07, 6.45) is 0.231. The average molecular weight is 339 g/mol. The molecule has 0 heterocycles. The van der Waals surface area contributed by atoms with E-state index in [1.807, 2.05) is 24.3 Å². The van der Waals surface area contributed by atoms with Crippen molar-refractivity contribution in [2.75, 3.05) is 13.2 Å². The molecule has 0 amide bonds. The molecule has 0 fully saturated rings. The van der Waals surface area contributed by atoms with Crippen LogP contribution in [0.15, 0.2) is 53.0 Å². The Morgan fingerprint density at radius 3 is 2.15 bits per heavy atom. The van der Waals surface area contributed by atoms with Crippen LogP contribution in [0, 0.1) is 5.82 Å². The Morgan fingerprint density at radius 2 is 1.55 bits per heavy atom. The third kappa shape index (κ3) is 2.92. The Kier molecular flexibility index (Phi) is 4.91. The van der Waals surface area contributed by atoms with Crippen LogP contribution in [0.2, 0.25) is 0 Å². The molecule has 2 nitrogen and oxygen atoms in total. The van der Waals surface area contributed by atoms with E-state index < -0.39 is 5.41 Å². The third-order valence-corrected chi connectivity index (χ3v) is 4.23. The van der Waals surface area contributed by atoms with Crippen molar-refractivity contribution in [2.24, 2.45) is 0 Å². The Morgan fingerprint density at radius 1 is 0.950 bits per heavy atom. The summed E-state index contributed by atoms with van der Waals surface area (Å²) >= 11 is 3.43. The van der Waals surface area contributed by atoms with Crippen LogP contribution in [0.3, 0.4) is 0 Å². The first-order valence-corrected chi connectivity index (χ1v) is 7.12. The number of halogens is 2. The molecule has 0 aliphatic rings. The second-order valence-electron chi connectivity index (χ2n) is 4.84. The van der Waals surface area contributed by atoms with E-state index >= 15 is 0 Å². The summed E-state index contributed by atoms with van der Waals surface area (Å²) in [5.41, 5.74) is 0.335. The van der Waals surface area contributed by atoms with Gasteiger partial charge >= 0.3 is 0 Å². The van der Waals surface area contributed by atoms with Gasteiger partial charge < -0.3 is 10.2 Å². The van der Waals surface area contributed by atoms with E-state index in [1.165, 1.54) is 6.07 Å². The lowest BCUT2D eigenvalue weighted by molar-refractivity contribution is 0.115. The van der Waals surface area contributed by atoms with Crippen molar-refractivity contribution in [3.05, 3.63) is 69.9 Å². The summed E-state index contributed by atoms with van der Waals surface area (Å²) in [6.45, 7) is -0.527. The number of hydrogen-bond donors (Lipinski definition) is 2. The molecule has 2 rings (SSSR count). The average Bonchev–Trinajstić information content (AvgIpc) is 2.48. The van der Waals surface area contributed by atoms with Gasteiger partial charge in [-0.05, 0) is 29.7 Å². The summed E-state index contributed by atoms with van der Waals surface area (Å²) in [5.74, 6) is -0.328. The molecule has 2 N–H and O–H groups in total. The van der Waals surface area contributed by atoms with Gasteiger partial charge in [0.25, 0.3) is 0 Å². The monoisotopic (exact) mass is 338 g/mol. The molecule has 0 unspecified atom stereocenters. The highest BCUT2D eigenvalue weighted by molar-refractivity contribution is 9.10. The molecule has 20 heavy (non-hydrogen) atoms. The van der Waals surface area contributed by atoms with Crippen LogP contribution < -0.4 is 0 Å². The predicted octanol–water partition coefficient (Wildman–Crippen LogP) is 3.05. The van der Waals surface area contributed by atoms with Crippen molar-refractivity contribution in [1.82, 2.24) is 0 Å². The van der Waals surface area contributed by atoms with Crippen molar-refractivity contribution in [3.8, 4) is 0 Å². The second-order valence-corrected chi connectivity index (χ2v) is 5.70. The zero-order valence-electron chi connectivity index (χ0n) is 10.9. The molecular weight excluding hydrogens is 323 g/mol. The summed E-state index contributed by atoms with van der Waals surface area (Å²) in [5, 5.41) is 19.6. The van der Waals surface area contributed by atoms with Crippen LogP contribution >= 0.6 is 15.9 Å². The van der Waals surface area contributed by atoms with E-state index in [9.17, 15) is 14.6 Å². The number of aliphatic hydroxyl groups excluding tert-OH is 2. The molecular formula is C16H16BrFO2. The van der Waals surface area contributed by atoms with Crippen LogP contribution in [0.1, 0.15) is 11.1 Å². The predicted molar refractivity (Wildman–Crippen MR) is 80.1 cm³/mol. The highest BCUT2D eigenvalue weighted by Crippen LogP contribution is 2.33. The summed E-state index contributed by atoms with van der Waals surface area (Å²) in [4.78, 5) is 0. The normalized spacial score (nSPS) is 11.6. The fraction of sp³-hybridized carbons (Fsp3) is 0.250. The van der Waals surface area contributed by atoms with E-state index in [1.54, 1.807) is 18.2 Å². The van der Waals surface area contributed by atoms with Gasteiger partial charge in [0.05, 0.1) is 13.2 Å². The molecule has 0 radical (unpaired) electrons. The van der Waals surface area contributed by atoms with E-state index in [4.69, 9.17) is 0 Å². The molecule has 2 aromatic carbocycles. The molecule has 0 bridgehead atoms. The lowest BCUT2D eigenvalue weighted by Crippen LogP contribution is -2.38. The van der Waals surface area contributed by atoms with Gasteiger partial charge in [-0.2, -0.15) is 0 Å². The smallest absolute Gasteiger partial charge is 0.126 e. The molecule has 0 aliphatic heterocycles. The lowest BCUT2D eigenvalue weighted by atomic mass is 9.76. The van der Waals surface area contributed by atoms with Gasteiger partial charge in [-0.3, -0.25) is 0 Å². The van der Waals surface area contributed by atoms with Crippen molar-refractivity contribution >= 4 is 15.9 Å². The molecule has 0 saturated heterocycles. The van der Waals surface area contributed by atoms with Crippen molar-refractivity contribution < 1.29 is 14.6 Å². The van der Waals surface area contributed by atoms with Crippen molar-refractivity contribution in [2.45, 2.75) is 11.8 Å². The van der Waals surface area contributed by atoms with Gasteiger partial charge in [-0.15, -0.1) is 0 Å². The van der Waals surface area contributed by atoms with Gasteiger partial charge in [-0.1, -0.05) is 52.3 Å². The maximum Gasteiger partial charge on any atom is 0.126 e. The molecule has 106 valence electrons. The lowest BCUT2D eigenvalue weighted by Gasteiger charge is -2.31.